The lowest BCUT2D eigenvalue weighted by molar-refractivity contribution is -0.306. The van der Waals surface area contributed by atoms with E-state index in [0.29, 0.717) is 13.0 Å². The summed E-state index contributed by atoms with van der Waals surface area (Å²) in [6.45, 7) is 0.703. The molecule has 4 heteroatoms. The predicted molar refractivity (Wildman–Crippen MR) is 24.0 cm³/mol. The maximum Gasteiger partial charge on any atom is 0.0524 e. The maximum atomic E-state index is 8.02. The molecule has 0 amide bonds. The van der Waals surface area contributed by atoms with Gasteiger partial charge in [0.25, 0.3) is 0 Å². The molecule has 0 fully saturated rings. The highest BCUT2D eigenvalue weighted by Crippen LogP contribution is 1.75. The van der Waals surface area contributed by atoms with E-state index in [1.807, 2.05) is 0 Å². The van der Waals surface area contributed by atoms with Crippen molar-refractivity contribution in [2.24, 2.45) is 5.73 Å². The molecule has 0 atom stereocenters. The van der Waals surface area contributed by atoms with Gasteiger partial charge in [-0.1, -0.05) is 5.23 Å². The van der Waals surface area contributed by atoms with E-state index >= 15 is 0 Å². The van der Waals surface area contributed by atoms with Crippen LogP contribution in [0.5, 0.6) is 0 Å². The molecule has 0 saturated heterocycles. The topological polar surface area (TPSA) is 69.7 Å². The molecular formula is C3H10N2O2. The van der Waals surface area contributed by atoms with E-state index in [9.17, 15) is 0 Å². The molecule has 0 radical (unpaired) electrons. The number of nitrogens with two attached hydrogens (primary N) is 1. The first-order chi connectivity index (χ1) is 3.27. The lowest BCUT2D eigenvalue weighted by Gasteiger charge is -2.01. The smallest absolute Gasteiger partial charge is 0.0524 e. The highest BCUT2D eigenvalue weighted by Gasteiger charge is 1.88. The first-order valence-corrected chi connectivity index (χ1v) is 2.12. The van der Waals surface area contributed by atoms with Crippen molar-refractivity contribution in [1.82, 2.24) is 5.23 Å². The van der Waals surface area contributed by atoms with Gasteiger partial charge in [-0.25, -0.2) is 0 Å². The summed E-state index contributed by atoms with van der Waals surface area (Å²) in [6, 6.07) is 0. The zero-order chi connectivity index (χ0) is 5.70. The Hall–Kier alpha value is -0.160. The fraction of sp³-hybridized carbons (Fsp3) is 1.00. The number of hydroxylamine groups is 2. The molecule has 7 heavy (non-hydrogen) atoms. The molecule has 0 aliphatic rings. The number of rotatable bonds is 3. The van der Waals surface area contributed by atoms with Crippen LogP contribution in [0.25, 0.3) is 0 Å². The van der Waals surface area contributed by atoms with Gasteiger partial charge in [-0.3, -0.25) is 10.4 Å². The summed E-state index contributed by atoms with van der Waals surface area (Å²) >= 11 is 0. The van der Waals surface area contributed by atoms with Crippen molar-refractivity contribution in [1.29, 1.82) is 0 Å². The molecule has 0 aliphatic heterocycles. The Kier molecular flexibility index (Phi) is 3.92. The van der Waals surface area contributed by atoms with Crippen LogP contribution >= 0.6 is 0 Å². The molecule has 0 spiro atoms. The van der Waals surface area contributed by atoms with E-state index in [-0.39, 0.29) is 11.8 Å². The third kappa shape index (κ3) is 5.84. The fourth-order valence-corrected chi connectivity index (χ4v) is 0.233. The number of nitrogens with zero attached hydrogens (tertiary/aromatic N) is 1. The van der Waals surface area contributed by atoms with Crippen LogP contribution in [0.3, 0.4) is 0 Å². The molecule has 0 saturated carbocycles. The molecule has 0 aromatic carbocycles. The van der Waals surface area contributed by atoms with Gasteiger partial charge in [-0.15, -0.1) is 0 Å². The monoisotopic (exact) mass is 106 g/mol. The van der Waals surface area contributed by atoms with Gasteiger partial charge >= 0.3 is 0 Å². The van der Waals surface area contributed by atoms with Crippen LogP contribution in [0.15, 0.2) is 0 Å². The summed E-state index contributed by atoms with van der Waals surface area (Å²) in [6.07, 6.45) is 0.604. The number of hydrogen-bond donors (Lipinski definition) is 3. The van der Waals surface area contributed by atoms with Gasteiger partial charge in [0, 0.05) is 0 Å². The highest BCUT2D eigenvalue weighted by molar-refractivity contribution is 4.34. The van der Waals surface area contributed by atoms with Crippen LogP contribution in [0.4, 0.5) is 0 Å². The summed E-state index contributed by atoms with van der Waals surface area (Å²) in [7, 11) is 0. The van der Waals surface area contributed by atoms with Gasteiger partial charge in [0.2, 0.25) is 0 Å². The van der Waals surface area contributed by atoms with Crippen molar-refractivity contribution in [3.63, 3.8) is 0 Å². The third-order valence-corrected chi connectivity index (χ3v) is 0.562. The van der Waals surface area contributed by atoms with Crippen molar-refractivity contribution >= 4 is 0 Å². The van der Waals surface area contributed by atoms with Crippen LogP contribution in [-0.4, -0.2) is 28.7 Å². The van der Waals surface area contributed by atoms with Crippen molar-refractivity contribution in [3.05, 3.63) is 0 Å². The zero-order valence-corrected chi connectivity index (χ0v) is 4.04. The molecule has 0 heterocycles. The van der Waals surface area contributed by atoms with Crippen molar-refractivity contribution in [2.45, 2.75) is 6.42 Å². The molecule has 0 aromatic heterocycles. The summed E-state index contributed by atoms with van der Waals surface area (Å²) in [5.74, 6) is 0. The summed E-state index contributed by atoms with van der Waals surface area (Å²) < 4.78 is 0. The third-order valence-electron chi connectivity index (χ3n) is 0.562. The normalized spacial score (nSPS) is 10.3. The molecule has 4 N–H and O–H groups in total. The molecule has 0 rings (SSSR count). The van der Waals surface area contributed by atoms with Crippen LogP contribution in [0.2, 0.25) is 0 Å². The van der Waals surface area contributed by atoms with Gasteiger partial charge in [0.1, 0.15) is 0 Å². The van der Waals surface area contributed by atoms with Gasteiger partial charge in [-0.05, 0) is 13.0 Å². The highest BCUT2D eigenvalue weighted by atomic mass is 16.8. The van der Waals surface area contributed by atoms with Gasteiger partial charge in [0.05, 0.1) is 6.54 Å². The van der Waals surface area contributed by atoms with Crippen molar-refractivity contribution in [2.75, 3.05) is 13.1 Å². The predicted octanol–water partition coefficient (Wildman–Crippen LogP) is -0.584. The lowest BCUT2D eigenvalue weighted by atomic mass is 10.4. The minimum absolute atomic E-state index is 0.132. The second-order valence-corrected chi connectivity index (χ2v) is 1.24. The van der Waals surface area contributed by atoms with Crippen LogP contribution in [-0.2, 0) is 0 Å². The fourth-order valence-electron chi connectivity index (χ4n) is 0.233. The van der Waals surface area contributed by atoms with E-state index in [0.717, 1.165) is 0 Å². The molecule has 44 valence electrons. The van der Waals surface area contributed by atoms with Crippen LogP contribution < -0.4 is 5.73 Å². The van der Waals surface area contributed by atoms with E-state index in [4.69, 9.17) is 16.1 Å². The number of hydrogen-bond acceptors (Lipinski definition) is 4. The van der Waals surface area contributed by atoms with Crippen LogP contribution in [0.1, 0.15) is 6.42 Å². The first kappa shape index (κ1) is 6.84. The molecule has 4 nitrogen and oxygen atoms in total. The maximum absolute atomic E-state index is 8.02. The Bertz CT molecular complexity index is 39.9. The van der Waals surface area contributed by atoms with Gasteiger partial charge < -0.3 is 5.73 Å². The Morgan fingerprint density at radius 1 is 1.43 bits per heavy atom. The average molecular weight is 106 g/mol. The zero-order valence-electron chi connectivity index (χ0n) is 4.04. The van der Waals surface area contributed by atoms with E-state index in [1.54, 1.807) is 0 Å². The molecule has 0 unspecified atom stereocenters. The van der Waals surface area contributed by atoms with Crippen molar-refractivity contribution < 1.29 is 10.4 Å². The minimum Gasteiger partial charge on any atom is -0.330 e. The van der Waals surface area contributed by atoms with E-state index in [1.165, 1.54) is 0 Å². The summed E-state index contributed by atoms with van der Waals surface area (Å²) in [5.41, 5.74) is 5.03. The summed E-state index contributed by atoms with van der Waals surface area (Å²) in [4.78, 5) is 0. The Morgan fingerprint density at radius 2 is 2.00 bits per heavy atom. The van der Waals surface area contributed by atoms with Gasteiger partial charge in [0.15, 0.2) is 0 Å². The van der Waals surface area contributed by atoms with E-state index in [2.05, 4.69) is 0 Å². The second-order valence-electron chi connectivity index (χ2n) is 1.24. The van der Waals surface area contributed by atoms with Crippen molar-refractivity contribution in [3.8, 4) is 0 Å². The van der Waals surface area contributed by atoms with Crippen LogP contribution in [0, 0.1) is 0 Å². The second kappa shape index (κ2) is 4.01. The minimum atomic E-state index is 0.132. The lowest BCUT2D eigenvalue weighted by Crippen LogP contribution is -2.17. The molecule has 0 aliphatic carbocycles. The Labute approximate surface area is 42.1 Å². The molecule has 0 aromatic rings. The Balaban J connectivity index is 2.68. The average Bonchev–Trinajstić information content (AvgIpc) is 1.61. The Morgan fingerprint density at radius 3 is 2.14 bits per heavy atom. The van der Waals surface area contributed by atoms with Gasteiger partial charge in [-0.2, -0.15) is 0 Å². The quantitative estimate of drug-likeness (QED) is 0.421. The molecular weight excluding hydrogens is 96.0 g/mol. The van der Waals surface area contributed by atoms with E-state index < -0.39 is 0 Å². The largest absolute Gasteiger partial charge is 0.330 e. The standard InChI is InChI=1S/C3H10N2O2/c4-2-1-3-5(6)7/h6-7H,1-4H2. The molecule has 0 bridgehead atoms. The SMILES string of the molecule is NCCCN(O)O. The first-order valence-electron chi connectivity index (χ1n) is 2.12. The summed E-state index contributed by atoms with van der Waals surface area (Å²) in [5, 5.41) is 16.2.